The highest BCUT2D eigenvalue weighted by Gasteiger charge is 2.28. The number of aromatic nitrogens is 1. The lowest BCUT2D eigenvalue weighted by atomic mass is 10.2. The molecular formula is C13H16F3N3O2. The van der Waals surface area contributed by atoms with Crippen LogP contribution in [0.5, 0.6) is 5.88 Å². The number of hydrogen-bond donors (Lipinski definition) is 1. The van der Waals surface area contributed by atoms with Crippen molar-refractivity contribution in [3.8, 4) is 5.88 Å². The zero-order valence-corrected chi connectivity index (χ0v) is 11.3. The lowest BCUT2D eigenvalue weighted by molar-refractivity contribution is -0.154. The zero-order valence-electron chi connectivity index (χ0n) is 11.3. The number of pyridine rings is 1. The fraction of sp³-hybridized carbons (Fsp3) is 0.538. The van der Waals surface area contributed by atoms with Crippen molar-refractivity contribution in [3.63, 3.8) is 0 Å². The van der Waals surface area contributed by atoms with Gasteiger partial charge in [-0.25, -0.2) is 4.98 Å². The molecule has 21 heavy (non-hydrogen) atoms. The molecule has 1 aliphatic heterocycles. The number of carbonyl (C=O) groups excluding carboxylic acids is 1. The molecule has 116 valence electrons. The third kappa shape index (κ3) is 4.89. The smallest absolute Gasteiger partial charge is 0.422 e. The van der Waals surface area contributed by atoms with E-state index in [2.05, 4.69) is 15.0 Å². The van der Waals surface area contributed by atoms with Gasteiger partial charge in [-0.15, -0.1) is 0 Å². The first-order valence-electron chi connectivity index (χ1n) is 6.61. The number of rotatable bonds is 3. The largest absolute Gasteiger partial charge is 0.468 e. The van der Waals surface area contributed by atoms with Crippen molar-refractivity contribution >= 4 is 5.91 Å². The Kier molecular flexibility index (Phi) is 5.00. The minimum atomic E-state index is -4.41. The summed E-state index contributed by atoms with van der Waals surface area (Å²) >= 11 is 0. The van der Waals surface area contributed by atoms with Crippen LogP contribution in [0.4, 0.5) is 13.2 Å². The zero-order chi connectivity index (χ0) is 15.3. The summed E-state index contributed by atoms with van der Waals surface area (Å²) in [6.07, 6.45) is -2.30. The topological polar surface area (TPSA) is 54.5 Å². The first-order valence-corrected chi connectivity index (χ1v) is 6.61. The fourth-order valence-electron chi connectivity index (χ4n) is 1.98. The lowest BCUT2D eigenvalue weighted by Gasteiger charge is -2.19. The number of carbonyl (C=O) groups is 1. The summed E-state index contributed by atoms with van der Waals surface area (Å²) in [6, 6.07) is 2.70. The van der Waals surface area contributed by atoms with E-state index in [1.807, 2.05) is 0 Å². The molecule has 0 aliphatic carbocycles. The van der Waals surface area contributed by atoms with Gasteiger partial charge in [0.15, 0.2) is 6.61 Å². The molecule has 0 unspecified atom stereocenters. The third-order valence-electron chi connectivity index (χ3n) is 2.99. The lowest BCUT2D eigenvalue weighted by Crippen LogP contribution is -2.34. The summed E-state index contributed by atoms with van der Waals surface area (Å²) in [4.78, 5) is 17.7. The Labute approximate surface area is 120 Å². The van der Waals surface area contributed by atoms with Crippen LogP contribution in [0.15, 0.2) is 18.3 Å². The molecule has 0 bridgehead atoms. The molecule has 1 amide bonds. The molecule has 0 radical (unpaired) electrons. The van der Waals surface area contributed by atoms with E-state index in [0.29, 0.717) is 18.7 Å². The molecule has 0 saturated carbocycles. The molecule has 1 aliphatic rings. The number of halogens is 3. The standard InChI is InChI=1S/C13H16F3N3O2/c14-13(15,16)9-21-11-3-2-10(8-18-11)12(20)19-6-1-4-17-5-7-19/h2-3,8,17H,1,4-7,9H2. The van der Waals surface area contributed by atoms with Crippen molar-refractivity contribution in [1.82, 2.24) is 15.2 Å². The maximum absolute atomic E-state index is 12.2. The van der Waals surface area contributed by atoms with E-state index in [1.165, 1.54) is 18.3 Å². The van der Waals surface area contributed by atoms with Crippen LogP contribution in [-0.4, -0.2) is 54.8 Å². The van der Waals surface area contributed by atoms with E-state index in [9.17, 15) is 18.0 Å². The van der Waals surface area contributed by atoms with Gasteiger partial charge < -0.3 is 15.0 Å². The number of nitrogens with one attached hydrogen (secondary N) is 1. The van der Waals surface area contributed by atoms with Gasteiger partial charge in [-0.2, -0.15) is 13.2 Å². The predicted octanol–water partition coefficient (Wildman–Crippen LogP) is 1.46. The molecular weight excluding hydrogens is 287 g/mol. The van der Waals surface area contributed by atoms with Crippen LogP contribution in [0.3, 0.4) is 0 Å². The van der Waals surface area contributed by atoms with E-state index < -0.39 is 12.8 Å². The molecule has 1 aromatic rings. The minimum Gasteiger partial charge on any atom is -0.468 e. The van der Waals surface area contributed by atoms with E-state index in [1.54, 1.807) is 4.90 Å². The second-order valence-corrected chi connectivity index (χ2v) is 4.68. The van der Waals surface area contributed by atoms with Crippen molar-refractivity contribution in [2.45, 2.75) is 12.6 Å². The molecule has 0 aromatic carbocycles. The van der Waals surface area contributed by atoms with Crippen LogP contribution in [0, 0.1) is 0 Å². The summed E-state index contributed by atoms with van der Waals surface area (Å²) in [7, 11) is 0. The summed E-state index contributed by atoms with van der Waals surface area (Å²) in [5.74, 6) is -0.324. The molecule has 0 spiro atoms. The Bertz CT molecular complexity index is 469. The quantitative estimate of drug-likeness (QED) is 0.918. The summed E-state index contributed by atoms with van der Waals surface area (Å²) in [5, 5.41) is 3.19. The maximum atomic E-state index is 12.2. The Morgan fingerprint density at radius 2 is 2.14 bits per heavy atom. The molecule has 1 saturated heterocycles. The Morgan fingerprint density at radius 3 is 2.81 bits per heavy atom. The van der Waals surface area contributed by atoms with Crippen molar-refractivity contribution < 1.29 is 22.7 Å². The van der Waals surface area contributed by atoms with Crippen molar-refractivity contribution in [3.05, 3.63) is 23.9 Å². The second kappa shape index (κ2) is 6.75. The van der Waals surface area contributed by atoms with Gasteiger partial charge in [-0.3, -0.25) is 4.79 Å². The number of hydrogen-bond acceptors (Lipinski definition) is 4. The van der Waals surface area contributed by atoms with Gasteiger partial charge in [0.2, 0.25) is 5.88 Å². The van der Waals surface area contributed by atoms with Crippen LogP contribution >= 0.6 is 0 Å². The Morgan fingerprint density at radius 1 is 1.33 bits per heavy atom. The Balaban J connectivity index is 1.96. The predicted molar refractivity (Wildman–Crippen MR) is 69.2 cm³/mol. The van der Waals surface area contributed by atoms with Crippen molar-refractivity contribution in [1.29, 1.82) is 0 Å². The highest BCUT2D eigenvalue weighted by atomic mass is 19.4. The van der Waals surface area contributed by atoms with Gasteiger partial charge >= 0.3 is 6.18 Å². The number of ether oxygens (including phenoxy) is 1. The molecule has 5 nitrogen and oxygen atoms in total. The van der Waals surface area contributed by atoms with Crippen molar-refractivity contribution in [2.75, 3.05) is 32.8 Å². The highest BCUT2D eigenvalue weighted by molar-refractivity contribution is 5.94. The van der Waals surface area contributed by atoms with Gasteiger partial charge in [-0.05, 0) is 19.0 Å². The third-order valence-corrected chi connectivity index (χ3v) is 2.99. The first-order chi connectivity index (χ1) is 9.96. The molecule has 1 N–H and O–H groups in total. The average molecular weight is 303 g/mol. The fourth-order valence-corrected chi connectivity index (χ4v) is 1.98. The average Bonchev–Trinajstić information content (AvgIpc) is 2.73. The number of alkyl halides is 3. The molecule has 1 aromatic heterocycles. The summed E-state index contributed by atoms with van der Waals surface area (Å²) < 4.78 is 40.5. The van der Waals surface area contributed by atoms with Crippen LogP contribution in [0.1, 0.15) is 16.8 Å². The monoisotopic (exact) mass is 303 g/mol. The second-order valence-electron chi connectivity index (χ2n) is 4.68. The SMILES string of the molecule is O=C(c1ccc(OCC(F)(F)F)nc1)N1CCCNCC1. The number of amides is 1. The highest BCUT2D eigenvalue weighted by Crippen LogP contribution is 2.17. The van der Waals surface area contributed by atoms with E-state index in [-0.39, 0.29) is 11.8 Å². The number of nitrogens with zero attached hydrogens (tertiary/aromatic N) is 2. The minimum absolute atomic E-state index is 0.151. The van der Waals surface area contributed by atoms with Gasteiger partial charge in [-0.1, -0.05) is 0 Å². The molecule has 8 heteroatoms. The van der Waals surface area contributed by atoms with E-state index in [4.69, 9.17) is 0 Å². The van der Waals surface area contributed by atoms with E-state index >= 15 is 0 Å². The first kappa shape index (κ1) is 15.6. The molecule has 2 rings (SSSR count). The molecule has 1 fully saturated rings. The molecule has 0 atom stereocenters. The van der Waals surface area contributed by atoms with Crippen molar-refractivity contribution in [2.24, 2.45) is 0 Å². The van der Waals surface area contributed by atoms with Gasteiger partial charge in [0.05, 0.1) is 5.56 Å². The van der Waals surface area contributed by atoms with Crippen LogP contribution < -0.4 is 10.1 Å². The van der Waals surface area contributed by atoms with Gasteiger partial charge in [0.1, 0.15) is 0 Å². The summed E-state index contributed by atoms with van der Waals surface area (Å²) in [6.45, 7) is 1.45. The van der Waals surface area contributed by atoms with Crippen LogP contribution in [-0.2, 0) is 0 Å². The Hall–Kier alpha value is -1.83. The maximum Gasteiger partial charge on any atom is 0.422 e. The normalized spacial score (nSPS) is 16.4. The van der Waals surface area contributed by atoms with E-state index in [0.717, 1.165) is 19.5 Å². The van der Waals surface area contributed by atoms with Crippen LogP contribution in [0.25, 0.3) is 0 Å². The van der Waals surface area contributed by atoms with Gasteiger partial charge in [0, 0.05) is 31.9 Å². The van der Waals surface area contributed by atoms with Crippen LogP contribution in [0.2, 0.25) is 0 Å². The summed E-state index contributed by atoms with van der Waals surface area (Å²) in [5.41, 5.74) is 0.344. The molecule has 2 heterocycles. The van der Waals surface area contributed by atoms with Gasteiger partial charge in [0.25, 0.3) is 5.91 Å².